The van der Waals surface area contributed by atoms with E-state index in [0.29, 0.717) is 0 Å². The van der Waals surface area contributed by atoms with Crippen LogP contribution in [0.3, 0.4) is 0 Å². The summed E-state index contributed by atoms with van der Waals surface area (Å²) in [6.07, 6.45) is 0.0867. The zero-order valence-corrected chi connectivity index (χ0v) is 9.73. The smallest absolute Gasteiger partial charge is 0.339 e. The molecule has 0 unspecified atom stereocenters. The lowest BCUT2D eigenvalue weighted by atomic mass is 10.1. The molecular formula is C12H14O5. The summed E-state index contributed by atoms with van der Waals surface area (Å²) in [4.78, 5) is 21.8. The molecule has 0 spiro atoms. The van der Waals surface area contributed by atoms with Gasteiger partial charge in [-0.25, -0.2) is 4.79 Å². The van der Waals surface area contributed by atoms with Crippen molar-refractivity contribution < 1.29 is 24.2 Å². The molecular weight excluding hydrogens is 224 g/mol. The fourth-order valence-corrected chi connectivity index (χ4v) is 1.28. The van der Waals surface area contributed by atoms with Crippen LogP contribution in [0.4, 0.5) is 0 Å². The quantitative estimate of drug-likeness (QED) is 0.789. The number of benzene rings is 1. The average molecular weight is 238 g/mol. The largest absolute Gasteiger partial charge is 0.492 e. The Bertz CT molecular complexity index is 425. The van der Waals surface area contributed by atoms with E-state index >= 15 is 0 Å². The van der Waals surface area contributed by atoms with E-state index in [-0.39, 0.29) is 24.3 Å². The molecule has 0 aliphatic rings. The lowest BCUT2D eigenvalue weighted by Crippen LogP contribution is -2.09. The van der Waals surface area contributed by atoms with Gasteiger partial charge in [0, 0.05) is 0 Å². The van der Waals surface area contributed by atoms with Crippen molar-refractivity contribution in [1.29, 1.82) is 0 Å². The van der Waals surface area contributed by atoms with Crippen molar-refractivity contribution in [2.75, 3.05) is 13.7 Å². The highest BCUT2D eigenvalue weighted by Gasteiger charge is 2.11. The Hall–Kier alpha value is -2.04. The molecule has 0 aliphatic carbocycles. The van der Waals surface area contributed by atoms with Crippen molar-refractivity contribution in [1.82, 2.24) is 0 Å². The first kappa shape index (κ1) is 13.0. The Morgan fingerprint density at radius 1 is 1.35 bits per heavy atom. The Morgan fingerprint density at radius 2 is 2.06 bits per heavy atom. The van der Waals surface area contributed by atoms with Crippen molar-refractivity contribution >= 4 is 11.9 Å². The lowest BCUT2D eigenvalue weighted by Gasteiger charge is -2.09. The van der Waals surface area contributed by atoms with E-state index in [9.17, 15) is 9.59 Å². The summed E-state index contributed by atoms with van der Waals surface area (Å²) < 4.78 is 9.69. The number of hydrogen-bond acceptors (Lipinski definition) is 4. The molecule has 1 aromatic rings. The van der Waals surface area contributed by atoms with E-state index in [0.717, 1.165) is 5.56 Å². The molecule has 0 aromatic heterocycles. The molecule has 0 amide bonds. The Labute approximate surface area is 99.0 Å². The van der Waals surface area contributed by atoms with E-state index in [2.05, 4.69) is 4.74 Å². The van der Waals surface area contributed by atoms with Crippen LogP contribution in [-0.4, -0.2) is 30.8 Å². The monoisotopic (exact) mass is 238 g/mol. The number of ether oxygens (including phenoxy) is 2. The van der Waals surface area contributed by atoms with Gasteiger partial charge in [-0.05, 0) is 19.1 Å². The van der Waals surface area contributed by atoms with Crippen molar-refractivity contribution in [3.8, 4) is 5.75 Å². The van der Waals surface area contributed by atoms with Crippen LogP contribution in [-0.2, 0) is 9.53 Å². The predicted octanol–water partition coefficient (Wildman–Crippen LogP) is 1.64. The number of carbonyl (C=O) groups is 2. The Morgan fingerprint density at radius 3 is 2.65 bits per heavy atom. The van der Waals surface area contributed by atoms with Gasteiger partial charge in [-0.15, -0.1) is 0 Å². The van der Waals surface area contributed by atoms with Crippen LogP contribution in [0, 0.1) is 6.92 Å². The summed E-state index contributed by atoms with van der Waals surface area (Å²) in [7, 11) is 1.29. The third-order valence-electron chi connectivity index (χ3n) is 2.16. The fraction of sp³-hybridized carbons (Fsp3) is 0.333. The molecule has 5 nitrogen and oxygen atoms in total. The number of aryl methyl sites for hydroxylation is 1. The molecule has 92 valence electrons. The summed E-state index contributed by atoms with van der Waals surface area (Å²) in [6.45, 7) is 1.89. The fourth-order valence-electron chi connectivity index (χ4n) is 1.28. The molecule has 0 heterocycles. The molecule has 1 N–H and O–H groups in total. The number of aromatic carboxylic acids is 1. The van der Waals surface area contributed by atoms with Crippen LogP contribution in [0.5, 0.6) is 5.75 Å². The molecule has 0 atom stereocenters. The minimum Gasteiger partial charge on any atom is -0.492 e. The minimum absolute atomic E-state index is 0.0867. The number of carbonyl (C=O) groups excluding carboxylic acids is 1. The molecule has 0 fully saturated rings. The first-order valence-corrected chi connectivity index (χ1v) is 5.08. The zero-order chi connectivity index (χ0) is 12.8. The maximum atomic E-state index is 11.0. The summed E-state index contributed by atoms with van der Waals surface area (Å²) >= 11 is 0. The molecule has 0 bridgehead atoms. The van der Waals surface area contributed by atoms with Crippen molar-refractivity contribution in [3.63, 3.8) is 0 Å². The van der Waals surface area contributed by atoms with E-state index in [1.54, 1.807) is 19.1 Å². The van der Waals surface area contributed by atoms with Crippen LogP contribution in [0.2, 0.25) is 0 Å². The maximum absolute atomic E-state index is 11.0. The summed E-state index contributed by atoms with van der Waals surface area (Å²) in [5.74, 6) is -1.19. The van der Waals surface area contributed by atoms with Gasteiger partial charge in [0.05, 0.1) is 20.1 Å². The first-order chi connectivity index (χ1) is 8.04. The standard InChI is InChI=1S/C12H14O5/c1-8-3-4-10(9(7-8)12(14)15)17-6-5-11(13)16-2/h3-4,7H,5-6H2,1-2H3,(H,14,15). The molecule has 0 saturated carbocycles. The normalized spacial score (nSPS) is 9.76. The van der Waals surface area contributed by atoms with Gasteiger partial charge >= 0.3 is 11.9 Å². The highest BCUT2D eigenvalue weighted by atomic mass is 16.5. The van der Waals surface area contributed by atoms with Gasteiger partial charge in [0.2, 0.25) is 0 Å². The average Bonchev–Trinajstić information content (AvgIpc) is 2.30. The van der Waals surface area contributed by atoms with Gasteiger partial charge in [0.15, 0.2) is 0 Å². The van der Waals surface area contributed by atoms with Gasteiger partial charge in [0.1, 0.15) is 11.3 Å². The SMILES string of the molecule is COC(=O)CCOc1ccc(C)cc1C(=O)O. The molecule has 1 aromatic carbocycles. The zero-order valence-electron chi connectivity index (χ0n) is 9.73. The number of hydrogen-bond donors (Lipinski definition) is 1. The van der Waals surface area contributed by atoms with Gasteiger partial charge in [0.25, 0.3) is 0 Å². The maximum Gasteiger partial charge on any atom is 0.339 e. The Kier molecular flexibility index (Phi) is 4.51. The topological polar surface area (TPSA) is 72.8 Å². The molecule has 0 aliphatic heterocycles. The lowest BCUT2D eigenvalue weighted by molar-refractivity contribution is -0.141. The molecule has 1 rings (SSSR count). The first-order valence-electron chi connectivity index (χ1n) is 5.08. The minimum atomic E-state index is -1.05. The molecule has 0 radical (unpaired) electrons. The van der Waals surface area contributed by atoms with E-state index in [4.69, 9.17) is 9.84 Å². The highest BCUT2D eigenvalue weighted by molar-refractivity contribution is 5.91. The van der Waals surface area contributed by atoms with Gasteiger partial charge < -0.3 is 14.6 Å². The van der Waals surface area contributed by atoms with Gasteiger partial charge in [-0.2, -0.15) is 0 Å². The van der Waals surface area contributed by atoms with Crippen LogP contribution in [0.1, 0.15) is 22.3 Å². The van der Waals surface area contributed by atoms with Crippen molar-refractivity contribution in [2.24, 2.45) is 0 Å². The van der Waals surface area contributed by atoms with E-state index in [1.165, 1.54) is 13.2 Å². The van der Waals surface area contributed by atoms with E-state index < -0.39 is 11.9 Å². The molecule has 0 saturated heterocycles. The Balaban J connectivity index is 2.70. The van der Waals surface area contributed by atoms with Crippen LogP contribution >= 0.6 is 0 Å². The van der Waals surface area contributed by atoms with Gasteiger partial charge in [-0.1, -0.05) is 11.6 Å². The van der Waals surface area contributed by atoms with Gasteiger partial charge in [-0.3, -0.25) is 4.79 Å². The summed E-state index contributed by atoms with van der Waals surface area (Å²) in [5, 5.41) is 8.97. The van der Waals surface area contributed by atoms with Crippen LogP contribution in [0.15, 0.2) is 18.2 Å². The van der Waals surface area contributed by atoms with Crippen molar-refractivity contribution in [2.45, 2.75) is 13.3 Å². The van der Waals surface area contributed by atoms with Crippen molar-refractivity contribution in [3.05, 3.63) is 29.3 Å². The second-order valence-electron chi connectivity index (χ2n) is 3.48. The third kappa shape index (κ3) is 3.79. The molecule has 17 heavy (non-hydrogen) atoms. The number of methoxy groups -OCH3 is 1. The summed E-state index contributed by atoms with van der Waals surface area (Å²) in [6, 6.07) is 4.85. The molecule has 5 heteroatoms. The number of carboxylic acid groups (broad SMARTS) is 1. The van der Waals surface area contributed by atoms with E-state index in [1.807, 2.05) is 0 Å². The number of rotatable bonds is 5. The second kappa shape index (κ2) is 5.89. The predicted molar refractivity (Wildman–Crippen MR) is 60.3 cm³/mol. The van der Waals surface area contributed by atoms with Crippen LogP contribution < -0.4 is 4.74 Å². The highest BCUT2D eigenvalue weighted by Crippen LogP contribution is 2.20. The number of carboxylic acids is 1. The number of esters is 1. The van der Waals surface area contributed by atoms with Crippen LogP contribution in [0.25, 0.3) is 0 Å². The summed E-state index contributed by atoms with van der Waals surface area (Å²) in [5.41, 5.74) is 0.928. The second-order valence-corrected chi connectivity index (χ2v) is 3.48. The third-order valence-corrected chi connectivity index (χ3v) is 2.16.